The average molecular weight is 357 g/mol. The van der Waals surface area contributed by atoms with Gasteiger partial charge in [0, 0.05) is 30.7 Å². The van der Waals surface area contributed by atoms with E-state index in [9.17, 15) is 13.2 Å². The molecule has 0 spiro atoms. The van der Waals surface area contributed by atoms with E-state index in [4.69, 9.17) is 9.47 Å². The molecule has 0 radical (unpaired) electrons. The molecule has 0 fully saturated rings. The molecule has 0 amide bonds. The summed E-state index contributed by atoms with van der Waals surface area (Å²) >= 11 is 3.15. The van der Waals surface area contributed by atoms with Crippen LogP contribution >= 0.6 is 15.9 Å². The van der Waals surface area contributed by atoms with Gasteiger partial charge in [-0.15, -0.1) is 0 Å². The van der Waals surface area contributed by atoms with Crippen molar-refractivity contribution in [3.63, 3.8) is 0 Å². The van der Waals surface area contributed by atoms with Gasteiger partial charge in [-0.3, -0.25) is 9.88 Å². The molecule has 20 heavy (non-hydrogen) atoms. The smallest absolute Gasteiger partial charge is 0.401 e. The standard InChI is InChI=1S/C12H16BrF3N2O2/c1-19-10-3-5-17-9(11(10)20-2)7-18(6-4-13)8-12(14,15)16/h3,5H,4,6-8H2,1-2H3. The minimum atomic E-state index is -4.26. The largest absolute Gasteiger partial charge is 0.493 e. The summed E-state index contributed by atoms with van der Waals surface area (Å²) in [5.41, 5.74) is 0.414. The molecule has 0 saturated carbocycles. The van der Waals surface area contributed by atoms with E-state index in [1.165, 1.54) is 25.3 Å². The number of ether oxygens (including phenoxy) is 2. The van der Waals surface area contributed by atoms with Gasteiger partial charge in [-0.05, 0) is 0 Å². The summed E-state index contributed by atoms with van der Waals surface area (Å²) in [5.74, 6) is 0.806. The van der Waals surface area contributed by atoms with Gasteiger partial charge in [0.15, 0.2) is 11.5 Å². The van der Waals surface area contributed by atoms with Crippen LogP contribution in [-0.4, -0.2) is 48.7 Å². The first-order chi connectivity index (χ1) is 9.41. The van der Waals surface area contributed by atoms with Gasteiger partial charge in [-0.1, -0.05) is 15.9 Å². The van der Waals surface area contributed by atoms with Crippen LogP contribution in [0, 0.1) is 0 Å². The zero-order valence-electron chi connectivity index (χ0n) is 11.2. The molecule has 4 nitrogen and oxygen atoms in total. The first-order valence-corrected chi connectivity index (χ1v) is 6.94. The van der Waals surface area contributed by atoms with Gasteiger partial charge in [-0.25, -0.2) is 0 Å². The van der Waals surface area contributed by atoms with Gasteiger partial charge in [0.1, 0.15) is 5.69 Å². The Balaban J connectivity index is 2.93. The van der Waals surface area contributed by atoms with Crippen LogP contribution in [0.15, 0.2) is 12.3 Å². The fraction of sp³-hybridized carbons (Fsp3) is 0.583. The molecular weight excluding hydrogens is 341 g/mol. The van der Waals surface area contributed by atoms with Gasteiger partial charge in [0.25, 0.3) is 0 Å². The third-order valence-corrected chi connectivity index (χ3v) is 2.90. The number of rotatable bonds is 7. The summed E-state index contributed by atoms with van der Waals surface area (Å²) < 4.78 is 47.9. The average Bonchev–Trinajstić information content (AvgIpc) is 2.36. The van der Waals surface area contributed by atoms with E-state index in [0.717, 1.165) is 0 Å². The van der Waals surface area contributed by atoms with Crippen LogP contribution in [0.2, 0.25) is 0 Å². The monoisotopic (exact) mass is 356 g/mol. The second-order valence-corrected chi connectivity index (χ2v) is 4.80. The van der Waals surface area contributed by atoms with Crippen molar-refractivity contribution < 1.29 is 22.6 Å². The Bertz CT molecular complexity index is 430. The highest BCUT2D eigenvalue weighted by molar-refractivity contribution is 9.09. The summed E-state index contributed by atoms with van der Waals surface area (Å²) in [6, 6.07) is 1.60. The van der Waals surface area contributed by atoms with E-state index in [1.807, 2.05) is 0 Å². The molecule has 114 valence electrons. The molecule has 0 bridgehead atoms. The molecule has 0 aromatic carbocycles. The Kier molecular flexibility index (Phi) is 6.54. The maximum Gasteiger partial charge on any atom is 0.401 e. The van der Waals surface area contributed by atoms with Crippen molar-refractivity contribution in [1.29, 1.82) is 0 Å². The summed E-state index contributed by atoms with van der Waals surface area (Å²) in [4.78, 5) is 5.33. The zero-order chi connectivity index (χ0) is 15.2. The maximum atomic E-state index is 12.5. The maximum absolute atomic E-state index is 12.5. The molecule has 0 aliphatic carbocycles. The van der Waals surface area contributed by atoms with Crippen LogP contribution in [0.25, 0.3) is 0 Å². The number of pyridine rings is 1. The van der Waals surface area contributed by atoms with Crippen molar-refractivity contribution in [2.75, 3.05) is 32.6 Å². The van der Waals surface area contributed by atoms with E-state index in [-0.39, 0.29) is 13.1 Å². The highest BCUT2D eigenvalue weighted by Gasteiger charge is 2.31. The molecular formula is C12H16BrF3N2O2. The molecule has 0 aliphatic heterocycles. The molecule has 1 aromatic heterocycles. The molecule has 0 N–H and O–H groups in total. The number of halogens is 4. The van der Waals surface area contributed by atoms with Crippen LogP contribution in [0.4, 0.5) is 13.2 Å². The van der Waals surface area contributed by atoms with Crippen molar-refractivity contribution in [2.24, 2.45) is 0 Å². The first-order valence-electron chi connectivity index (χ1n) is 5.82. The lowest BCUT2D eigenvalue weighted by Crippen LogP contribution is -2.35. The van der Waals surface area contributed by atoms with Crippen molar-refractivity contribution in [3.8, 4) is 11.5 Å². The Morgan fingerprint density at radius 1 is 1.30 bits per heavy atom. The number of aromatic nitrogens is 1. The van der Waals surface area contributed by atoms with Gasteiger partial charge in [-0.2, -0.15) is 13.2 Å². The van der Waals surface area contributed by atoms with E-state index in [0.29, 0.717) is 22.5 Å². The normalized spacial score (nSPS) is 11.8. The van der Waals surface area contributed by atoms with E-state index in [1.54, 1.807) is 6.07 Å². The molecule has 1 rings (SSSR count). The van der Waals surface area contributed by atoms with Crippen molar-refractivity contribution in [1.82, 2.24) is 9.88 Å². The van der Waals surface area contributed by atoms with Gasteiger partial charge in [0.2, 0.25) is 0 Å². The Labute approximate surface area is 124 Å². The topological polar surface area (TPSA) is 34.6 Å². The van der Waals surface area contributed by atoms with Crippen LogP contribution in [0.3, 0.4) is 0 Å². The zero-order valence-corrected chi connectivity index (χ0v) is 12.8. The second-order valence-electron chi connectivity index (χ2n) is 4.01. The second kappa shape index (κ2) is 7.68. The van der Waals surface area contributed by atoms with Crippen LogP contribution < -0.4 is 9.47 Å². The first kappa shape index (κ1) is 17.0. The van der Waals surface area contributed by atoms with E-state index >= 15 is 0 Å². The molecule has 1 heterocycles. The summed E-state index contributed by atoms with van der Waals surface area (Å²) in [6.07, 6.45) is -2.77. The lowest BCUT2D eigenvalue weighted by Gasteiger charge is -2.23. The summed E-state index contributed by atoms with van der Waals surface area (Å²) in [5, 5.41) is 0.440. The van der Waals surface area contributed by atoms with Crippen LogP contribution in [0.1, 0.15) is 5.69 Å². The lowest BCUT2D eigenvalue weighted by atomic mass is 10.2. The number of alkyl halides is 4. The molecule has 8 heteroatoms. The number of hydrogen-bond donors (Lipinski definition) is 0. The fourth-order valence-electron chi connectivity index (χ4n) is 1.76. The van der Waals surface area contributed by atoms with Gasteiger partial charge in [0.05, 0.1) is 20.8 Å². The third-order valence-electron chi connectivity index (χ3n) is 2.54. The third kappa shape index (κ3) is 5.16. The highest BCUT2D eigenvalue weighted by atomic mass is 79.9. The number of nitrogens with zero attached hydrogens (tertiary/aromatic N) is 2. The molecule has 1 aromatic rings. The van der Waals surface area contributed by atoms with Gasteiger partial charge >= 0.3 is 6.18 Å². The Morgan fingerprint density at radius 3 is 2.50 bits per heavy atom. The predicted molar refractivity (Wildman–Crippen MR) is 72.5 cm³/mol. The van der Waals surface area contributed by atoms with Crippen LogP contribution in [-0.2, 0) is 6.54 Å². The van der Waals surface area contributed by atoms with Crippen molar-refractivity contribution >= 4 is 15.9 Å². The Hall–Kier alpha value is -1.02. The minimum Gasteiger partial charge on any atom is -0.493 e. The number of methoxy groups -OCH3 is 2. The van der Waals surface area contributed by atoms with Crippen LogP contribution in [0.5, 0.6) is 11.5 Å². The van der Waals surface area contributed by atoms with E-state index < -0.39 is 12.7 Å². The van der Waals surface area contributed by atoms with Gasteiger partial charge < -0.3 is 9.47 Å². The van der Waals surface area contributed by atoms with Crippen molar-refractivity contribution in [3.05, 3.63) is 18.0 Å². The quantitative estimate of drug-likeness (QED) is 0.703. The summed E-state index contributed by atoms with van der Waals surface area (Å²) in [6.45, 7) is -0.715. The molecule has 0 aliphatic rings. The Morgan fingerprint density at radius 2 is 2.00 bits per heavy atom. The van der Waals surface area contributed by atoms with Crippen molar-refractivity contribution in [2.45, 2.75) is 12.7 Å². The highest BCUT2D eigenvalue weighted by Crippen LogP contribution is 2.30. The predicted octanol–water partition coefficient (Wildman–Crippen LogP) is 2.86. The minimum absolute atomic E-state index is 0.0332. The molecule has 0 saturated heterocycles. The lowest BCUT2D eigenvalue weighted by molar-refractivity contribution is -0.146. The van der Waals surface area contributed by atoms with E-state index in [2.05, 4.69) is 20.9 Å². The molecule has 0 unspecified atom stereocenters. The fourth-order valence-corrected chi connectivity index (χ4v) is 2.26. The molecule has 0 atom stereocenters. The summed E-state index contributed by atoms with van der Waals surface area (Å²) in [7, 11) is 2.90. The number of hydrogen-bond acceptors (Lipinski definition) is 4. The SMILES string of the molecule is COc1ccnc(CN(CCBr)CC(F)(F)F)c1OC.